The molecule has 1 saturated heterocycles. The Morgan fingerprint density at radius 3 is 2.39 bits per heavy atom. The van der Waals surface area contributed by atoms with Gasteiger partial charge in [0.2, 0.25) is 10.0 Å². The maximum absolute atomic E-state index is 13.0. The molecule has 0 aromatic heterocycles. The Bertz CT molecular complexity index is 1070. The Labute approximate surface area is 183 Å². The number of rotatable bonds is 7. The molecule has 2 aromatic carbocycles. The van der Waals surface area contributed by atoms with Gasteiger partial charge in [-0.1, -0.05) is 11.6 Å². The fraction of sp³-hybridized carbons (Fsp3) is 0.316. The van der Waals surface area contributed by atoms with Crippen molar-refractivity contribution >= 4 is 33.2 Å². The summed E-state index contributed by atoms with van der Waals surface area (Å²) in [5, 5.41) is 13.6. The summed E-state index contributed by atoms with van der Waals surface area (Å²) < 4.78 is 39.7. The Hall–Kier alpha value is -2.60. The molecule has 166 valence electrons. The Morgan fingerprint density at radius 1 is 1.13 bits per heavy atom. The lowest BCUT2D eigenvalue weighted by Crippen LogP contribution is -2.50. The zero-order valence-electron chi connectivity index (χ0n) is 16.3. The number of carbonyl (C=O) groups is 1. The van der Waals surface area contributed by atoms with Crippen molar-refractivity contribution in [2.24, 2.45) is 0 Å². The average molecular weight is 471 g/mol. The lowest BCUT2D eigenvalue weighted by molar-refractivity contribution is -0.384. The lowest BCUT2D eigenvalue weighted by Gasteiger charge is -2.33. The maximum atomic E-state index is 13.0. The van der Waals surface area contributed by atoms with Gasteiger partial charge >= 0.3 is 0 Å². The van der Waals surface area contributed by atoms with E-state index in [0.717, 1.165) is 18.2 Å². The quantitative estimate of drug-likeness (QED) is 0.490. The van der Waals surface area contributed by atoms with Gasteiger partial charge in [-0.05, 0) is 36.4 Å². The number of benzene rings is 2. The Kier molecular flexibility index (Phi) is 7.21. The van der Waals surface area contributed by atoms with Crippen LogP contribution in [0.4, 0.5) is 10.1 Å². The van der Waals surface area contributed by atoms with Crippen molar-refractivity contribution in [2.45, 2.75) is 4.90 Å². The van der Waals surface area contributed by atoms with Gasteiger partial charge in [0.1, 0.15) is 10.8 Å². The first-order chi connectivity index (χ1) is 14.7. The highest BCUT2D eigenvalue weighted by molar-refractivity contribution is 7.89. The van der Waals surface area contributed by atoms with E-state index in [-0.39, 0.29) is 34.3 Å². The van der Waals surface area contributed by atoms with E-state index >= 15 is 0 Å². The molecule has 0 bridgehead atoms. The van der Waals surface area contributed by atoms with Gasteiger partial charge in [-0.15, -0.1) is 0 Å². The maximum Gasteiger partial charge on any atom is 0.288 e. The Balaban J connectivity index is 1.48. The molecule has 0 saturated carbocycles. The summed E-state index contributed by atoms with van der Waals surface area (Å²) in [5.41, 5.74) is -0.209. The number of halogens is 2. The second kappa shape index (κ2) is 9.69. The van der Waals surface area contributed by atoms with E-state index in [4.69, 9.17) is 11.6 Å². The zero-order chi connectivity index (χ0) is 22.6. The third-order valence-electron chi connectivity index (χ3n) is 4.90. The number of hydrogen-bond donors (Lipinski definition) is 1. The average Bonchev–Trinajstić information content (AvgIpc) is 2.74. The smallest absolute Gasteiger partial charge is 0.288 e. The number of hydrogen-bond acceptors (Lipinski definition) is 6. The van der Waals surface area contributed by atoms with Crippen LogP contribution in [0.2, 0.25) is 5.02 Å². The molecule has 1 heterocycles. The van der Waals surface area contributed by atoms with Crippen molar-refractivity contribution in [3.8, 4) is 0 Å². The summed E-state index contributed by atoms with van der Waals surface area (Å²) in [7, 11) is -3.68. The number of carbonyl (C=O) groups excluding carboxylic acids is 1. The minimum absolute atomic E-state index is 0.0463. The van der Waals surface area contributed by atoms with Crippen LogP contribution in [0.15, 0.2) is 47.4 Å². The van der Waals surface area contributed by atoms with Gasteiger partial charge in [0.15, 0.2) is 0 Å². The first-order valence-corrected chi connectivity index (χ1v) is 11.2. The topological polar surface area (TPSA) is 113 Å². The molecule has 9 nitrogen and oxygen atoms in total. The molecule has 0 spiro atoms. The molecule has 1 amide bonds. The zero-order valence-corrected chi connectivity index (χ0v) is 17.9. The van der Waals surface area contributed by atoms with Crippen LogP contribution in [0.3, 0.4) is 0 Å². The van der Waals surface area contributed by atoms with E-state index in [1.54, 1.807) is 0 Å². The van der Waals surface area contributed by atoms with Crippen LogP contribution in [0.1, 0.15) is 10.4 Å². The number of piperazine rings is 1. The van der Waals surface area contributed by atoms with Gasteiger partial charge in [0, 0.05) is 50.9 Å². The number of nitrogens with zero attached hydrogens (tertiary/aromatic N) is 3. The Morgan fingerprint density at radius 2 is 1.77 bits per heavy atom. The van der Waals surface area contributed by atoms with Crippen molar-refractivity contribution in [3.05, 3.63) is 69.0 Å². The van der Waals surface area contributed by atoms with Gasteiger partial charge in [0.25, 0.3) is 11.6 Å². The van der Waals surface area contributed by atoms with Gasteiger partial charge in [-0.25, -0.2) is 12.8 Å². The van der Waals surface area contributed by atoms with E-state index in [0.29, 0.717) is 26.2 Å². The van der Waals surface area contributed by atoms with Crippen LogP contribution < -0.4 is 5.32 Å². The molecular weight excluding hydrogens is 451 g/mol. The van der Waals surface area contributed by atoms with Crippen molar-refractivity contribution < 1.29 is 22.5 Å². The molecule has 0 aliphatic carbocycles. The predicted molar refractivity (Wildman–Crippen MR) is 112 cm³/mol. The summed E-state index contributed by atoms with van der Waals surface area (Å²) >= 11 is 5.75. The fourth-order valence-corrected chi connectivity index (χ4v) is 4.78. The molecule has 3 rings (SSSR count). The van der Waals surface area contributed by atoms with Gasteiger partial charge in [0.05, 0.1) is 9.82 Å². The van der Waals surface area contributed by atoms with Crippen LogP contribution in [0.5, 0.6) is 0 Å². The highest BCUT2D eigenvalue weighted by Crippen LogP contribution is 2.25. The minimum atomic E-state index is -3.68. The molecule has 1 aliphatic rings. The third-order valence-corrected chi connectivity index (χ3v) is 7.13. The number of nitrogens with one attached hydrogen (secondary N) is 1. The molecule has 0 radical (unpaired) electrons. The monoisotopic (exact) mass is 470 g/mol. The van der Waals surface area contributed by atoms with Crippen LogP contribution in [0.25, 0.3) is 0 Å². The second-order valence-corrected chi connectivity index (χ2v) is 9.22. The largest absolute Gasteiger partial charge is 0.351 e. The lowest BCUT2D eigenvalue weighted by atomic mass is 10.2. The third kappa shape index (κ3) is 5.56. The minimum Gasteiger partial charge on any atom is -0.351 e. The first kappa shape index (κ1) is 23.1. The number of sulfonamides is 1. The summed E-state index contributed by atoms with van der Waals surface area (Å²) in [6.45, 7) is 2.28. The molecule has 0 unspecified atom stereocenters. The number of amides is 1. The van der Waals surface area contributed by atoms with Crippen LogP contribution in [0, 0.1) is 15.9 Å². The first-order valence-electron chi connectivity index (χ1n) is 9.38. The summed E-state index contributed by atoms with van der Waals surface area (Å²) in [6.07, 6.45) is 0. The normalized spacial score (nSPS) is 15.5. The highest BCUT2D eigenvalue weighted by atomic mass is 35.5. The standard InChI is InChI=1S/C19H20ClFN4O5S/c20-17-6-1-14(13-18(17)25(27)28)19(26)22-7-8-23-9-11-24(12-10-23)31(29,30)16-4-2-15(21)3-5-16/h1-6,13H,7-12H2,(H,22,26). The van der Waals surface area contributed by atoms with Gasteiger partial charge < -0.3 is 5.32 Å². The van der Waals surface area contributed by atoms with Crippen LogP contribution in [-0.4, -0.2) is 67.7 Å². The van der Waals surface area contributed by atoms with Gasteiger partial charge in [-0.2, -0.15) is 4.31 Å². The summed E-state index contributed by atoms with van der Waals surface area (Å²) in [4.78, 5) is 24.6. The van der Waals surface area contributed by atoms with E-state index in [9.17, 15) is 27.7 Å². The molecule has 1 fully saturated rings. The number of nitro benzene ring substituents is 1. The molecule has 0 atom stereocenters. The van der Waals surface area contributed by atoms with Crippen LogP contribution in [-0.2, 0) is 10.0 Å². The van der Waals surface area contributed by atoms with E-state index < -0.39 is 26.7 Å². The molecule has 1 N–H and O–H groups in total. The molecule has 12 heteroatoms. The molecule has 31 heavy (non-hydrogen) atoms. The number of nitro groups is 1. The summed E-state index contributed by atoms with van der Waals surface area (Å²) in [6, 6.07) is 8.54. The van der Waals surface area contributed by atoms with Crippen molar-refractivity contribution in [1.29, 1.82) is 0 Å². The van der Waals surface area contributed by atoms with E-state index in [2.05, 4.69) is 5.32 Å². The highest BCUT2D eigenvalue weighted by Gasteiger charge is 2.28. The van der Waals surface area contributed by atoms with E-state index in [1.165, 1.54) is 28.6 Å². The van der Waals surface area contributed by atoms with Crippen molar-refractivity contribution in [1.82, 2.24) is 14.5 Å². The predicted octanol–water partition coefficient (Wildman–Crippen LogP) is 2.12. The SMILES string of the molecule is O=C(NCCN1CCN(S(=O)(=O)c2ccc(F)cc2)CC1)c1ccc(Cl)c([N+](=O)[O-])c1. The second-order valence-electron chi connectivity index (χ2n) is 6.88. The molecule has 2 aromatic rings. The van der Waals surface area contributed by atoms with Crippen molar-refractivity contribution in [2.75, 3.05) is 39.3 Å². The van der Waals surface area contributed by atoms with Crippen LogP contribution >= 0.6 is 11.6 Å². The van der Waals surface area contributed by atoms with E-state index in [1.807, 2.05) is 4.90 Å². The molecule has 1 aliphatic heterocycles. The summed E-state index contributed by atoms with van der Waals surface area (Å²) in [5.74, 6) is -0.962. The molecular formula is C19H20ClFN4O5S. The van der Waals surface area contributed by atoms with Gasteiger partial charge in [-0.3, -0.25) is 19.8 Å². The fourth-order valence-electron chi connectivity index (χ4n) is 3.17. The van der Waals surface area contributed by atoms with Crippen molar-refractivity contribution in [3.63, 3.8) is 0 Å².